The smallest absolute Gasteiger partial charge is 0.191 e. The van der Waals surface area contributed by atoms with Crippen LogP contribution in [-0.2, 0) is 4.74 Å². The third-order valence-electron chi connectivity index (χ3n) is 5.50. The van der Waals surface area contributed by atoms with Crippen molar-refractivity contribution in [2.75, 3.05) is 46.4 Å². The molecule has 2 saturated heterocycles. The lowest BCUT2D eigenvalue weighted by Crippen LogP contribution is -2.45. The minimum Gasteiger partial charge on any atom is -0.373 e. The van der Waals surface area contributed by atoms with Gasteiger partial charge in [0.2, 0.25) is 0 Å². The van der Waals surface area contributed by atoms with E-state index < -0.39 is 0 Å². The first kappa shape index (κ1) is 19.2. The van der Waals surface area contributed by atoms with Gasteiger partial charge in [-0.1, -0.05) is 36.8 Å². The highest BCUT2D eigenvalue weighted by Gasteiger charge is 2.27. The predicted octanol–water partition coefficient (Wildman–Crippen LogP) is 2.81. The number of benzene rings is 1. The highest BCUT2D eigenvalue weighted by Crippen LogP contribution is 2.32. The van der Waals surface area contributed by atoms with E-state index in [2.05, 4.69) is 50.9 Å². The third-order valence-corrected chi connectivity index (χ3v) is 5.50. The summed E-state index contributed by atoms with van der Waals surface area (Å²) in [6.07, 6.45) is 6.59. The molecule has 2 unspecified atom stereocenters. The summed E-state index contributed by atoms with van der Waals surface area (Å²) in [5.41, 5.74) is 1.28. The summed E-state index contributed by atoms with van der Waals surface area (Å²) < 4.78 is 6.10. The number of rotatable bonds is 6. The second-order valence-electron chi connectivity index (χ2n) is 7.39. The Kier molecular flexibility index (Phi) is 7.77. The monoisotopic (exact) mass is 358 g/mol. The molecule has 2 aliphatic heterocycles. The van der Waals surface area contributed by atoms with Crippen molar-refractivity contribution in [3.05, 3.63) is 35.9 Å². The van der Waals surface area contributed by atoms with Crippen LogP contribution in [0.2, 0.25) is 0 Å². The number of likely N-dealkylation sites (tertiary alicyclic amines) is 1. The largest absolute Gasteiger partial charge is 0.373 e. The number of guanidine groups is 1. The number of nitrogens with zero attached hydrogens (tertiary/aromatic N) is 2. The molecule has 144 valence electrons. The van der Waals surface area contributed by atoms with Crippen molar-refractivity contribution in [1.29, 1.82) is 0 Å². The van der Waals surface area contributed by atoms with Gasteiger partial charge in [0.1, 0.15) is 0 Å². The van der Waals surface area contributed by atoms with E-state index in [-0.39, 0.29) is 6.10 Å². The van der Waals surface area contributed by atoms with Crippen LogP contribution in [0.15, 0.2) is 35.3 Å². The molecule has 0 saturated carbocycles. The Balaban J connectivity index is 1.44. The van der Waals surface area contributed by atoms with Gasteiger partial charge in [0.15, 0.2) is 5.96 Å². The van der Waals surface area contributed by atoms with E-state index in [1.807, 2.05) is 7.05 Å². The molecule has 1 aromatic rings. The van der Waals surface area contributed by atoms with Crippen LogP contribution in [0.5, 0.6) is 0 Å². The molecule has 0 radical (unpaired) electrons. The summed E-state index contributed by atoms with van der Waals surface area (Å²) in [7, 11) is 1.85. The highest BCUT2D eigenvalue weighted by molar-refractivity contribution is 5.79. The van der Waals surface area contributed by atoms with Crippen LogP contribution in [-0.4, -0.2) is 57.2 Å². The molecule has 0 aliphatic carbocycles. The third kappa shape index (κ3) is 5.71. The molecule has 0 bridgehead atoms. The lowest BCUT2D eigenvalue weighted by Gasteiger charge is -2.32. The van der Waals surface area contributed by atoms with Crippen molar-refractivity contribution in [2.45, 2.75) is 38.2 Å². The molecule has 0 amide bonds. The Bertz CT molecular complexity index is 542. The maximum absolute atomic E-state index is 6.10. The molecule has 0 aromatic heterocycles. The fourth-order valence-corrected chi connectivity index (χ4v) is 4.03. The van der Waals surface area contributed by atoms with E-state index in [0.29, 0.717) is 5.92 Å². The molecular formula is C21H34N4O. The molecule has 3 rings (SSSR count). The standard InChI is InChI=1S/C21H34N4O/c1-22-21(23-12-15-25-13-6-3-7-14-25)24-17-19-11-8-16-26-20(19)18-9-4-2-5-10-18/h2,4-5,9-10,19-20H,3,6-8,11-17H2,1H3,(H2,22,23,24). The molecule has 2 heterocycles. The van der Waals surface area contributed by atoms with Crippen LogP contribution in [0.3, 0.4) is 0 Å². The Labute approximate surface area is 158 Å². The van der Waals surface area contributed by atoms with Crippen molar-refractivity contribution < 1.29 is 4.74 Å². The number of ether oxygens (including phenoxy) is 1. The van der Waals surface area contributed by atoms with Crippen LogP contribution in [0.4, 0.5) is 0 Å². The van der Waals surface area contributed by atoms with Gasteiger partial charge in [0.25, 0.3) is 0 Å². The lowest BCUT2D eigenvalue weighted by atomic mass is 9.89. The number of piperidine rings is 1. The predicted molar refractivity (Wildman–Crippen MR) is 108 cm³/mol. The Morgan fingerprint density at radius 2 is 1.92 bits per heavy atom. The number of aliphatic imine (C=N–C) groups is 1. The number of hydrogen-bond donors (Lipinski definition) is 2. The maximum Gasteiger partial charge on any atom is 0.191 e. The van der Waals surface area contributed by atoms with E-state index in [1.165, 1.54) is 44.3 Å². The lowest BCUT2D eigenvalue weighted by molar-refractivity contribution is -0.0265. The van der Waals surface area contributed by atoms with Crippen LogP contribution < -0.4 is 10.6 Å². The molecule has 2 fully saturated rings. The first-order valence-electron chi connectivity index (χ1n) is 10.2. The van der Waals surface area contributed by atoms with Gasteiger partial charge in [-0.05, 0) is 44.3 Å². The van der Waals surface area contributed by atoms with Crippen molar-refractivity contribution >= 4 is 5.96 Å². The van der Waals surface area contributed by atoms with Gasteiger partial charge >= 0.3 is 0 Å². The average Bonchev–Trinajstić information content (AvgIpc) is 2.72. The van der Waals surface area contributed by atoms with Crippen molar-refractivity contribution in [3.63, 3.8) is 0 Å². The zero-order valence-corrected chi connectivity index (χ0v) is 16.1. The molecule has 1 aromatic carbocycles. The summed E-state index contributed by atoms with van der Waals surface area (Å²) >= 11 is 0. The van der Waals surface area contributed by atoms with Crippen LogP contribution in [0.25, 0.3) is 0 Å². The minimum atomic E-state index is 0.184. The fourth-order valence-electron chi connectivity index (χ4n) is 4.03. The summed E-state index contributed by atoms with van der Waals surface area (Å²) in [6, 6.07) is 10.6. The number of hydrogen-bond acceptors (Lipinski definition) is 3. The summed E-state index contributed by atoms with van der Waals surface area (Å²) in [6.45, 7) is 6.28. The Hall–Kier alpha value is -1.59. The molecular weight excluding hydrogens is 324 g/mol. The Morgan fingerprint density at radius 1 is 1.12 bits per heavy atom. The summed E-state index contributed by atoms with van der Waals surface area (Å²) in [5, 5.41) is 6.98. The SMILES string of the molecule is CN=C(NCCN1CCCCC1)NCC1CCCOC1c1ccccc1. The summed E-state index contributed by atoms with van der Waals surface area (Å²) in [4.78, 5) is 6.93. The zero-order valence-electron chi connectivity index (χ0n) is 16.1. The van der Waals surface area contributed by atoms with E-state index >= 15 is 0 Å². The molecule has 0 spiro atoms. The second kappa shape index (κ2) is 10.5. The van der Waals surface area contributed by atoms with Crippen LogP contribution >= 0.6 is 0 Å². The molecule has 2 aliphatic rings. The van der Waals surface area contributed by atoms with E-state index in [4.69, 9.17) is 4.74 Å². The van der Waals surface area contributed by atoms with Crippen LogP contribution in [0, 0.1) is 5.92 Å². The fraction of sp³-hybridized carbons (Fsp3) is 0.667. The van der Waals surface area contributed by atoms with Gasteiger partial charge in [-0.2, -0.15) is 0 Å². The normalized spacial score (nSPS) is 25.0. The second-order valence-corrected chi connectivity index (χ2v) is 7.39. The molecule has 2 N–H and O–H groups in total. The van der Waals surface area contributed by atoms with Crippen molar-refractivity contribution in [1.82, 2.24) is 15.5 Å². The highest BCUT2D eigenvalue weighted by atomic mass is 16.5. The van der Waals surface area contributed by atoms with Gasteiger partial charge in [-0.25, -0.2) is 0 Å². The quantitative estimate of drug-likeness (QED) is 0.606. The van der Waals surface area contributed by atoms with E-state index in [9.17, 15) is 0 Å². The molecule has 26 heavy (non-hydrogen) atoms. The maximum atomic E-state index is 6.10. The van der Waals surface area contributed by atoms with Crippen LogP contribution in [0.1, 0.15) is 43.8 Å². The molecule has 5 nitrogen and oxygen atoms in total. The van der Waals surface area contributed by atoms with Gasteiger partial charge < -0.3 is 20.3 Å². The molecule has 5 heteroatoms. The van der Waals surface area contributed by atoms with Crippen molar-refractivity contribution in [2.24, 2.45) is 10.9 Å². The first-order chi connectivity index (χ1) is 12.9. The first-order valence-corrected chi connectivity index (χ1v) is 10.2. The Morgan fingerprint density at radius 3 is 2.69 bits per heavy atom. The van der Waals surface area contributed by atoms with Gasteiger partial charge in [0, 0.05) is 39.2 Å². The zero-order chi connectivity index (χ0) is 18.0. The number of nitrogens with one attached hydrogen (secondary N) is 2. The van der Waals surface area contributed by atoms with Gasteiger partial charge in [-0.3, -0.25) is 4.99 Å². The minimum absolute atomic E-state index is 0.184. The summed E-state index contributed by atoms with van der Waals surface area (Å²) in [5.74, 6) is 1.38. The van der Waals surface area contributed by atoms with E-state index in [0.717, 1.165) is 38.6 Å². The van der Waals surface area contributed by atoms with Gasteiger partial charge in [-0.15, -0.1) is 0 Å². The van der Waals surface area contributed by atoms with Crippen molar-refractivity contribution in [3.8, 4) is 0 Å². The topological polar surface area (TPSA) is 48.9 Å². The molecule has 2 atom stereocenters. The van der Waals surface area contributed by atoms with E-state index in [1.54, 1.807) is 0 Å². The average molecular weight is 359 g/mol. The van der Waals surface area contributed by atoms with Gasteiger partial charge in [0.05, 0.1) is 6.10 Å².